The molecule has 1 aromatic heterocycles. The molecule has 122 valence electrons. The van der Waals surface area contributed by atoms with E-state index in [0.29, 0.717) is 16.3 Å². The lowest BCUT2D eigenvalue weighted by molar-refractivity contribution is -0.143. The van der Waals surface area contributed by atoms with Gasteiger partial charge in [0.25, 0.3) is 5.91 Å². The lowest BCUT2D eigenvalue weighted by Crippen LogP contribution is -2.35. The van der Waals surface area contributed by atoms with Crippen molar-refractivity contribution in [3.63, 3.8) is 0 Å². The number of ether oxygens (including phenoxy) is 1. The van der Waals surface area contributed by atoms with E-state index in [1.165, 1.54) is 13.5 Å². The van der Waals surface area contributed by atoms with Gasteiger partial charge < -0.3 is 14.5 Å². The number of hydrogen-bond donors (Lipinski definition) is 1. The van der Waals surface area contributed by atoms with Crippen LogP contribution in [0, 0.1) is 0 Å². The third-order valence-corrected chi connectivity index (χ3v) is 3.61. The molecule has 0 saturated heterocycles. The highest BCUT2D eigenvalue weighted by Gasteiger charge is 2.28. The zero-order valence-electron chi connectivity index (χ0n) is 13.0. The summed E-state index contributed by atoms with van der Waals surface area (Å²) in [4.78, 5) is 28.4. The van der Waals surface area contributed by atoms with E-state index in [1.54, 1.807) is 24.3 Å². The van der Waals surface area contributed by atoms with Crippen LogP contribution in [0.3, 0.4) is 0 Å². The van der Waals surface area contributed by atoms with Gasteiger partial charge in [0.15, 0.2) is 18.1 Å². The zero-order valence-corrected chi connectivity index (χ0v) is 13.8. The third kappa shape index (κ3) is 3.71. The summed E-state index contributed by atoms with van der Waals surface area (Å²) in [5.41, 5.74) is 0.588. The van der Waals surface area contributed by atoms with Crippen molar-refractivity contribution in [3.8, 4) is 0 Å². The fraction of sp³-hybridized carbons (Fsp3) is 0.312. The maximum atomic E-state index is 12.5. The number of carbonyl (C=O) groups excluding carboxylic acids is 2. The smallest absolute Gasteiger partial charge is 0.333 e. The Bertz CT molecular complexity index is 712. The highest BCUT2D eigenvalue weighted by Crippen LogP contribution is 2.25. The molecular weight excluding hydrogens is 320 g/mol. The molecule has 2 aromatic rings. The normalized spacial score (nSPS) is 12.0. The number of hydrogen-bond acceptors (Lipinski definition) is 5. The van der Waals surface area contributed by atoms with Crippen LogP contribution in [0.2, 0.25) is 5.02 Å². The SMILES string of the molecule is COC(=O)[C@H](NC(=O)c1ncoc1C(C)C)c1ccccc1Cl. The molecule has 0 saturated carbocycles. The summed E-state index contributed by atoms with van der Waals surface area (Å²) in [6.07, 6.45) is 1.20. The van der Waals surface area contributed by atoms with Gasteiger partial charge in [0, 0.05) is 16.5 Å². The number of nitrogens with one attached hydrogen (secondary N) is 1. The Kier molecular flexibility index (Phi) is 5.39. The van der Waals surface area contributed by atoms with Gasteiger partial charge in [-0.05, 0) is 6.07 Å². The van der Waals surface area contributed by atoms with E-state index in [2.05, 4.69) is 10.3 Å². The van der Waals surface area contributed by atoms with Gasteiger partial charge >= 0.3 is 5.97 Å². The molecular formula is C16H17ClN2O4. The summed E-state index contributed by atoms with van der Waals surface area (Å²) in [5.74, 6) is -0.723. The fourth-order valence-electron chi connectivity index (χ4n) is 2.13. The fourth-order valence-corrected chi connectivity index (χ4v) is 2.37. The molecule has 0 aliphatic carbocycles. The molecule has 0 unspecified atom stereocenters. The monoisotopic (exact) mass is 336 g/mol. The van der Waals surface area contributed by atoms with E-state index in [4.69, 9.17) is 20.8 Å². The maximum Gasteiger partial charge on any atom is 0.333 e. The van der Waals surface area contributed by atoms with E-state index >= 15 is 0 Å². The summed E-state index contributed by atoms with van der Waals surface area (Å²) >= 11 is 6.12. The van der Waals surface area contributed by atoms with Crippen molar-refractivity contribution in [1.82, 2.24) is 10.3 Å². The highest BCUT2D eigenvalue weighted by atomic mass is 35.5. The van der Waals surface area contributed by atoms with E-state index in [1.807, 2.05) is 13.8 Å². The molecule has 0 radical (unpaired) electrons. The maximum absolute atomic E-state index is 12.5. The summed E-state index contributed by atoms with van der Waals surface area (Å²) in [6, 6.07) is 5.71. The van der Waals surface area contributed by atoms with Gasteiger partial charge in [0.05, 0.1) is 7.11 Å². The molecule has 0 aliphatic rings. The number of esters is 1. The second-order valence-electron chi connectivity index (χ2n) is 5.17. The van der Waals surface area contributed by atoms with Gasteiger partial charge in [-0.25, -0.2) is 9.78 Å². The quantitative estimate of drug-likeness (QED) is 0.848. The van der Waals surface area contributed by atoms with Gasteiger partial charge in [-0.1, -0.05) is 43.6 Å². The van der Waals surface area contributed by atoms with Crippen LogP contribution in [0.5, 0.6) is 0 Å². The predicted molar refractivity (Wildman–Crippen MR) is 84.3 cm³/mol. The Morgan fingerprint density at radius 2 is 2.00 bits per heavy atom. The predicted octanol–water partition coefficient (Wildman–Crippen LogP) is 3.10. The number of nitrogens with zero attached hydrogens (tertiary/aromatic N) is 1. The van der Waals surface area contributed by atoms with Crippen LogP contribution in [0.4, 0.5) is 0 Å². The van der Waals surface area contributed by atoms with Crippen LogP contribution in [0.15, 0.2) is 35.1 Å². The highest BCUT2D eigenvalue weighted by molar-refractivity contribution is 6.31. The Morgan fingerprint density at radius 1 is 1.30 bits per heavy atom. The first kappa shape index (κ1) is 17.0. The molecule has 6 nitrogen and oxygen atoms in total. The summed E-state index contributed by atoms with van der Waals surface area (Å²) in [6.45, 7) is 3.76. The molecule has 1 aromatic carbocycles. The largest absolute Gasteiger partial charge is 0.467 e. The molecule has 1 amide bonds. The van der Waals surface area contributed by atoms with Crippen molar-refractivity contribution < 1.29 is 18.7 Å². The van der Waals surface area contributed by atoms with Gasteiger partial charge in [0.2, 0.25) is 0 Å². The van der Waals surface area contributed by atoms with Crippen LogP contribution in [-0.2, 0) is 9.53 Å². The minimum Gasteiger partial charge on any atom is -0.467 e. The van der Waals surface area contributed by atoms with E-state index in [0.717, 1.165) is 0 Å². The van der Waals surface area contributed by atoms with Crippen molar-refractivity contribution in [3.05, 3.63) is 52.7 Å². The van der Waals surface area contributed by atoms with E-state index < -0.39 is 17.9 Å². The molecule has 0 aliphatic heterocycles. The minimum absolute atomic E-state index is 0.0184. The van der Waals surface area contributed by atoms with E-state index in [-0.39, 0.29) is 11.6 Å². The van der Waals surface area contributed by atoms with Gasteiger partial charge in [-0.3, -0.25) is 4.79 Å². The first-order valence-electron chi connectivity index (χ1n) is 7.02. The van der Waals surface area contributed by atoms with Crippen molar-refractivity contribution in [1.29, 1.82) is 0 Å². The summed E-state index contributed by atoms with van der Waals surface area (Å²) < 4.78 is 9.99. The first-order chi connectivity index (χ1) is 11.0. The van der Waals surface area contributed by atoms with Crippen LogP contribution >= 0.6 is 11.6 Å². The minimum atomic E-state index is -1.03. The number of oxazole rings is 1. The van der Waals surface area contributed by atoms with Gasteiger partial charge in [-0.15, -0.1) is 0 Å². The van der Waals surface area contributed by atoms with Crippen LogP contribution < -0.4 is 5.32 Å². The second kappa shape index (κ2) is 7.28. The van der Waals surface area contributed by atoms with Crippen molar-refractivity contribution >= 4 is 23.5 Å². The van der Waals surface area contributed by atoms with Crippen molar-refractivity contribution in [2.45, 2.75) is 25.8 Å². The number of amides is 1. The second-order valence-corrected chi connectivity index (χ2v) is 5.58. The number of benzene rings is 1. The topological polar surface area (TPSA) is 81.4 Å². The number of aromatic nitrogens is 1. The molecule has 0 bridgehead atoms. The first-order valence-corrected chi connectivity index (χ1v) is 7.40. The van der Waals surface area contributed by atoms with Gasteiger partial charge in [0.1, 0.15) is 5.76 Å². The van der Waals surface area contributed by atoms with Crippen molar-refractivity contribution in [2.24, 2.45) is 0 Å². The van der Waals surface area contributed by atoms with Crippen LogP contribution in [-0.4, -0.2) is 24.0 Å². The number of rotatable bonds is 5. The lowest BCUT2D eigenvalue weighted by Gasteiger charge is -2.17. The van der Waals surface area contributed by atoms with Crippen LogP contribution in [0.1, 0.15) is 47.6 Å². The molecule has 1 heterocycles. The molecule has 1 atom stereocenters. The molecule has 0 fully saturated rings. The number of methoxy groups -OCH3 is 1. The molecule has 2 rings (SSSR count). The van der Waals surface area contributed by atoms with Crippen molar-refractivity contribution in [2.75, 3.05) is 7.11 Å². The van der Waals surface area contributed by atoms with E-state index in [9.17, 15) is 9.59 Å². The molecule has 23 heavy (non-hydrogen) atoms. The zero-order chi connectivity index (χ0) is 17.0. The van der Waals surface area contributed by atoms with Crippen LogP contribution in [0.25, 0.3) is 0 Å². The van der Waals surface area contributed by atoms with Gasteiger partial charge in [-0.2, -0.15) is 0 Å². The average Bonchev–Trinajstić information content (AvgIpc) is 3.02. The molecule has 7 heteroatoms. The number of halogens is 1. The Hall–Kier alpha value is -2.34. The lowest BCUT2D eigenvalue weighted by atomic mass is 10.1. The summed E-state index contributed by atoms with van der Waals surface area (Å²) in [7, 11) is 1.24. The third-order valence-electron chi connectivity index (χ3n) is 3.26. The summed E-state index contributed by atoms with van der Waals surface area (Å²) in [5, 5.41) is 2.96. The molecule has 0 spiro atoms. The average molecular weight is 337 g/mol. The Labute approximate surface area is 138 Å². The Balaban J connectivity index is 2.32. The number of carbonyl (C=O) groups is 2. The Morgan fingerprint density at radius 3 is 2.61 bits per heavy atom. The molecule has 1 N–H and O–H groups in total. The standard InChI is InChI=1S/C16H17ClN2O4/c1-9(2)14-13(18-8-23-14)15(20)19-12(16(21)22-3)10-6-4-5-7-11(10)17/h4-9,12H,1-3H3,(H,19,20)/t12-/m1/s1.